The van der Waals surface area contributed by atoms with E-state index >= 15 is 0 Å². The first-order chi connectivity index (χ1) is 22.8. The van der Waals surface area contributed by atoms with Crippen LogP contribution in [0, 0.1) is 28.2 Å². The van der Waals surface area contributed by atoms with Gasteiger partial charge in [-0.05, 0) is 87.8 Å². The van der Waals surface area contributed by atoms with Crippen molar-refractivity contribution in [3.63, 3.8) is 0 Å². The molecule has 3 aromatic rings. The number of ketones is 2. The van der Waals surface area contributed by atoms with Crippen molar-refractivity contribution in [1.82, 2.24) is 15.0 Å². The molecule has 0 fully saturated rings. The molecule has 1 aliphatic carbocycles. The molecule has 0 saturated heterocycles. The Bertz CT molecular complexity index is 1740. The van der Waals surface area contributed by atoms with Crippen molar-refractivity contribution < 1.29 is 38.2 Å². The van der Waals surface area contributed by atoms with Crippen LogP contribution in [0.3, 0.4) is 0 Å². The number of carbonyl (C=O) groups is 4. The van der Waals surface area contributed by atoms with Crippen molar-refractivity contribution in [1.29, 1.82) is 0 Å². The van der Waals surface area contributed by atoms with Gasteiger partial charge in [-0.3, -0.25) is 19.2 Å². The number of esters is 1. The maximum absolute atomic E-state index is 11.7. The monoisotopic (exact) mass is 676 g/mol. The average molecular weight is 677 g/mol. The summed E-state index contributed by atoms with van der Waals surface area (Å²) in [4.78, 5) is 71.8. The maximum Gasteiger partial charge on any atom is 0.373 e. The summed E-state index contributed by atoms with van der Waals surface area (Å²) in [5, 5.41) is 0. The molecule has 0 aliphatic heterocycles. The van der Waals surface area contributed by atoms with Gasteiger partial charge in [0.05, 0.1) is 19.9 Å². The molecule has 0 saturated carbocycles. The van der Waals surface area contributed by atoms with Crippen molar-refractivity contribution in [2.45, 2.75) is 93.4 Å². The highest BCUT2D eigenvalue weighted by Crippen LogP contribution is 2.37. The fourth-order valence-corrected chi connectivity index (χ4v) is 6.22. The van der Waals surface area contributed by atoms with Gasteiger partial charge in [0.1, 0.15) is 5.76 Å². The zero-order valence-corrected chi connectivity index (χ0v) is 30.4. The molecule has 0 aromatic carbocycles. The number of hydrogen-bond acceptors (Lipinski definition) is 8. The number of allylic oxidation sites excluding steroid dienone is 3. The van der Waals surface area contributed by atoms with Gasteiger partial charge in [0.25, 0.3) is 0 Å². The lowest BCUT2D eigenvalue weighted by Gasteiger charge is -2.10. The second-order valence-electron chi connectivity index (χ2n) is 11.8. The van der Waals surface area contributed by atoms with Gasteiger partial charge in [-0.1, -0.05) is 18.9 Å². The Labute approximate surface area is 288 Å². The summed E-state index contributed by atoms with van der Waals surface area (Å²) < 4.78 is 10.3. The smallest absolute Gasteiger partial charge is 0.373 e. The van der Waals surface area contributed by atoms with Gasteiger partial charge in [0.15, 0.2) is 17.9 Å². The van der Waals surface area contributed by atoms with Crippen LogP contribution in [0.4, 0.5) is 0 Å². The van der Waals surface area contributed by atoms with E-state index in [1.54, 1.807) is 27.2 Å². The Balaban J connectivity index is 0.000000462. The van der Waals surface area contributed by atoms with Gasteiger partial charge >= 0.3 is 12.1 Å². The van der Waals surface area contributed by atoms with Gasteiger partial charge in [-0.15, -0.1) is 0 Å². The van der Waals surface area contributed by atoms with Crippen LogP contribution in [0.25, 0.3) is 0 Å². The van der Waals surface area contributed by atoms with Crippen molar-refractivity contribution in [3.05, 3.63) is 98.5 Å². The minimum Gasteiger partial charge on any atom is -0.500 e. The van der Waals surface area contributed by atoms with Crippen molar-refractivity contribution in [2.75, 3.05) is 14.2 Å². The summed E-state index contributed by atoms with van der Waals surface area (Å²) in [5.41, 5.74) is 12.7. The van der Waals surface area contributed by atoms with Gasteiger partial charge in [0.2, 0.25) is 0 Å². The number of methoxy groups -OCH3 is 2. The van der Waals surface area contributed by atoms with E-state index in [-0.39, 0.29) is 31.1 Å². The first-order valence-electron chi connectivity index (χ1n) is 15.8. The van der Waals surface area contributed by atoms with Crippen molar-refractivity contribution in [2.24, 2.45) is 0 Å². The number of H-pyrrole nitrogens is 3. The molecule has 0 spiro atoms. The fourth-order valence-electron chi connectivity index (χ4n) is 6.22. The zero-order chi connectivity index (χ0) is 36.1. The van der Waals surface area contributed by atoms with Crippen LogP contribution in [0.1, 0.15) is 124 Å². The Hall–Kier alpha value is -5.15. The summed E-state index contributed by atoms with van der Waals surface area (Å²) in [6, 6.07) is 0. The third-order valence-electron chi connectivity index (χ3n) is 8.73. The van der Waals surface area contributed by atoms with E-state index in [1.807, 2.05) is 27.0 Å². The van der Waals surface area contributed by atoms with Crippen LogP contribution >= 0.6 is 0 Å². The number of aldehydes is 1. The standard InChI is InChI=1S/C21H29NO4.C15H18N2O2.CO2.CH3/c1-6-7-16-14(3)20(25-4)11-15(16)10-18-17(8-9-21(24)26-5)13(2)19(12-23)22-18;1-8-6-16-14(15(8)11(4)19)5-13-9(2)12(7-17-13)10(3)18;2-1-3;/h12,22H,6-11H2,1-5H3;6-7,16-17H,5H2,1-4H3;;1H3/q;;;+1. The van der Waals surface area contributed by atoms with E-state index in [0.717, 1.165) is 82.6 Å². The molecule has 0 unspecified atom stereocenters. The minimum atomic E-state index is -0.241. The quantitative estimate of drug-likeness (QED) is 0.0751. The van der Waals surface area contributed by atoms with E-state index in [2.05, 4.69) is 28.8 Å². The van der Waals surface area contributed by atoms with Crippen molar-refractivity contribution >= 4 is 30.0 Å². The lowest BCUT2D eigenvalue weighted by Crippen LogP contribution is -2.04. The van der Waals surface area contributed by atoms with Crippen LogP contribution in [0.2, 0.25) is 0 Å². The van der Waals surface area contributed by atoms with Crippen LogP contribution in [0.15, 0.2) is 34.9 Å². The molecule has 0 atom stereocenters. The summed E-state index contributed by atoms with van der Waals surface area (Å²) >= 11 is 0. The first-order valence-corrected chi connectivity index (χ1v) is 15.8. The summed E-state index contributed by atoms with van der Waals surface area (Å²) in [6.07, 6.45) is 9.79. The zero-order valence-electron chi connectivity index (χ0n) is 30.4. The molecule has 1 aliphatic rings. The Morgan fingerprint density at radius 3 is 2.04 bits per heavy atom. The SMILES string of the molecule is CC(=O)c1c[nH]c(Cc2[nH]cc(C)c2C(C)=O)c1C.CCCC1=C(Cc2[nH]c(C=O)c(C)c2CCC(=O)OC)CC(OC)=C1C.O=C=O.[CH3+]. The number of carbonyl (C=O) groups excluding carboxylic acids is 6. The molecule has 3 heterocycles. The number of rotatable bonds is 13. The second kappa shape index (κ2) is 19.6. The van der Waals surface area contributed by atoms with Crippen LogP contribution in [-0.4, -0.2) is 59.1 Å². The van der Waals surface area contributed by atoms with E-state index < -0.39 is 0 Å². The molecule has 3 N–H and O–H groups in total. The molecule has 0 amide bonds. The summed E-state index contributed by atoms with van der Waals surface area (Å²) in [6.45, 7) is 13.2. The van der Waals surface area contributed by atoms with E-state index in [4.69, 9.17) is 19.1 Å². The lowest BCUT2D eigenvalue weighted by atomic mass is 9.96. The predicted molar refractivity (Wildman–Crippen MR) is 187 cm³/mol. The summed E-state index contributed by atoms with van der Waals surface area (Å²) in [5.74, 6) is 0.896. The fraction of sp³-hybridized carbons (Fsp3) is 0.421. The Morgan fingerprint density at radius 2 is 1.53 bits per heavy atom. The predicted octanol–water partition coefficient (Wildman–Crippen LogP) is 7.03. The molecule has 264 valence electrons. The maximum atomic E-state index is 11.7. The topological polar surface area (TPSA) is 168 Å². The molecule has 11 heteroatoms. The normalized spacial score (nSPS) is 11.9. The number of ether oxygens (including phenoxy) is 2. The highest BCUT2D eigenvalue weighted by molar-refractivity contribution is 5.97. The number of nitrogens with one attached hydrogen (secondary N) is 3. The lowest BCUT2D eigenvalue weighted by molar-refractivity contribution is -0.191. The first kappa shape index (κ1) is 41.9. The Morgan fingerprint density at radius 1 is 0.898 bits per heavy atom. The van der Waals surface area contributed by atoms with Gasteiger partial charge in [0, 0.05) is 73.7 Å². The van der Waals surface area contributed by atoms with Gasteiger partial charge < -0.3 is 24.4 Å². The van der Waals surface area contributed by atoms with E-state index in [0.29, 0.717) is 30.5 Å². The van der Waals surface area contributed by atoms with Crippen molar-refractivity contribution in [3.8, 4) is 0 Å². The molecule has 4 rings (SSSR count). The third kappa shape index (κ3) is 10.4. The highest BCUT2D eigenvalue weighted by Gasteiger charge is 2.24. The van der Waals surface area contributed by atoms with Gasteiger partial charge in [-0.2, -0.15) is 9.59 Å². The average Bonchev–Trinajstić information content (AvgIpc) is 3.77. The minimum absolute atomic E-state index is 0. The van der Waals surface area contributed by atoms with E-state index in [9.17, 15) is 19.2 Å². The van der Waals surface area contributed by atoms with Crippen LogP contribution in [-0.2, 0) is 43.1 Å². The highest BCUT2D eigenvalue weighted by atomic mass is 16.5. The molecule has 11 nitrogen and oxygen atoms in total. The molecular formula is C38H50N3O8+. The molecule has 3 aromatic heterocycles. The molecule has 49 heavy (non-hydrogen) atoms. The Kier molecular flexibility index (Phi) is 16.8. The number of aromatic amines is 3. The number of Topliss-reactive ketones (excluding diaryl/α,β-unsaturated/α-hetero) is 2. The van der Waals surface area contributed by atoms with E-state index in [1.165, 1.54) is 23.8 Å². The summed E-state index contributed by atoms with van der Waals surface area (Å²) in [7, 11) is 3.11. The molecule has 0 radical (unpaired) electrons. The molecule has 0 bridgehead atoms. The van der Waals surface area contributed by atoms with Crippen LogP contribution < -0.4 is 0 Å². The van der Waals surface area contributed by atoms with Crippen LogP contribution in [0.5, 0.6) is 0 Å². The number of aryl methyl sites for hydroxylation is 1. The second-order valence-corrected chi connectivity index (χ2v) is 11.8. The largest absolute Gasteiger partial charge is 0.500 e. The number of hydrogen-bond donors (Lipinski definition) is 3. The third-order valence-corrected chi connectivity index (χ3v) is 8.73. The van der Waals surface area contributed by atoms with Gasteiger partial charge in [-0.25, -0.2) is 0 Å². The number of aromatic nitrogens is 3. The molecular weight excluding hydrogens is 626 g/mol.